The minimum absolute atomic E-state index is 0.124. The van der Waals surface area contributed by atoms with Crippen molar-refractivity contribution in [2.75, 3.05) is 31.6 Å². The number of halogens is 1. The summed E-state index contributed by atoms with van der Waals surface area (Å²) in [6.07, 6.45) is 8.43. The molecule has 2 aliphatic carbocycles. The van der Waals surface area contributed by atoms with Crippen LogP contribution in [0.2, 0.25) is 0 Å². The number of anilines is 1. The number of benzene rings is 1. The Bertz CT molecular complexity index is 811. The fourth-order valence-electron chi connectivity index (χ4n) is 4.64. The zero-order valence-corrected chi connectivity index (χ0v) is 15.7. The molecule has 0 bridgehead atoms. The first-order valence-corrected chi connectivity index (χ1v) is 10.3. The van der Waals surface area contributed by atoms with Crippen molar-refractivity contribution in [1.82, 2.24) is 14.9 Å². The van der Waals surface area contributed by atoms with Gasteiger partial charge < -0.3 is 10.1 Å². The molecule has 144 valence electrons. The van der Waals surface area contributed by atoms with Crippen LogP contribution >= 0.6 is 0 Å². The smallest absolute Gasteiger partial charge is 0.137 e. The van der Waals surface area contributed by atoms with Crippen molar-refractivity contribution >= 4 is 16.7 Å². The second-order valence-electron chi connectivity index (χ2n) is 8.19. The molecule has 3 fully saturated rings. The molecule has 0 amide bonds. The molecule has 1 saturated heterocycles. The van der Waals surface area contributed by atoms with Gasteiger partial charge in [0, 0.05) is 36.6 Å². The van der Waals surface area contributed by atoms with E-state index in [2.05, 4.69) is 20.2 Å². The molecule has 1 aromatic carbocycles. The molecule has 6 heteroatoms. The highest BCUT2D eigenvalue weighted by Gasteiger charge is 2.29. The summed E-state index contributed by atoms with van der Waals surface area (Å²) in [5.41, 5.74) is 1.52. The zero-order chi connectivity index (χ0) is 18.2. The average Bonchev–Trinajstić information content (AvgIpc) is 3.54. The Morgan fingerprint density at radius 3 is 2.52 bits per heavy atom. The van der Waals surface area contributed by atoms with Crippen molar-refractivity contribution in [3.05, 3.63) is 29.8 Å². The van der Waals surface area contributed by atoms with Crippen LogP contribution in [0.1, 0.15) is 50.0 Å². The van der Waals surface area contributed by atoms with E-state index in [9.17, 15) is 4.39 Å². The lowest BCUT2D eigenvalue weighted by atomic mass is 9.90. The summed E-state index contributed by atoms with van der Waals surface area (Å²) in [6.45, 7) is 3.86. The van der Waals surface area contributed by atoms with Gasteiger partial charge in [-0.05, 0) is 56.1 Å². The van der Waals surface area contributed by atoms with Crippen LogP contribution in [0.4, 0.5) is 10.2 Å². The molecule has 0 spiro atoms. The topological polar surface area (TPSA) is 50.3 Å². The predicted molar refractivity (Wildman–Crippen MR) is 104 cm³/mol. The first kappa shape index (κ1) is 17.3. The Balaban J connectivity index is 1.29. The van der Waals surface area contributed by atoms with E-state index in [0.29, 0.717) is 23.5 Å². The third-order valence-corrected chi connectivity index (χ3v) is 6.37. The molecule has 0 atom stereocenters. The normalized spacial score (nSPS) is 27.0. The maximum atomic E-state index is 14.3. The highest BCUT2D eigenvalue weighted by Crippen LogP contribution is 2.42. The fourth-order valence-corrected chi connectivity index (χ4v) is 4.64. The monoisotopic (exact) mass is 370 g/mol. The van der Waals surface area contributed by atoms with Gasteiger partial charge in [0.15, 0.2) is 0 Å². The van der Waals surface area contributed by atoms with E-state index in [4.69, 9.17) is 4.74 Å². The van der Waals surface area contributed by atoms with Crippen LogP contribution in [-0.4, -0.2) is 53.3 Å². The lowest BCUT2D eigenvalue weighted by molar-refractivity contribution is 0.00791. The van der Waals surface area contributed by atoms with Gasteiger partial charge in [0.25, 0.3) is 0 Å². The molecule has 1 N–H and O–H groups in total. The number of ether oxygens (including phenoxy) is 1. The van der Waals surface area contributed by atoms with Crippen LogP contribution in [0.3, 0.4) is 0 Å². The van der Waals surface area contributed by atoms with Gasteiger partial charge in [0.05, 0.1) is 18.7 Å². The Kier molecular flexibility index (Phi) is 4.70. The summed E-state index contributed by atoms with van der Waals surface area (Å²) in [7, 11) is 0. The van der Waals surface area contributed by atoms with E-state index in [1.165, 1.54) is 12.8 Å². The van der Waals surface area contributed by atoms with E-state index >= 15 is 0 Å². The molecule has 2 heterocycles. The Morgan fingerprint density at radius 2 is 1.78 bits per heavy atom. The fraction of sp³-hybridized carbons (Fsp3) is 0.619. The van der Waals surface area contributed by atoms with Crippen LogP contribution in [0.25, 0.3) is 10.9 Å². The SMILES string of the molecule is Fc1cc2ncnc(NC3CCC(N4CCOCC4)CC3)c2cc1C1CC1. The molecule has 2 aromatic rings. The Labute approximate surface area is 159 Å². The molecular formula is C21H27FN4O. The number of hydrogen-bond acceptors (Lipinski definition) is 5. The molecule has 0 radical (unpaired) electrons. The van der Waals surface area contributed by atoms with Gasteiger partial charge in [-0.15, -0.1) is 0 Å². The summed E-state index contributed by atoms with van der Waals surface area (Å²) >= 11 is 0. The van der Waals surface area contributed by atoms with E-state index in [1.807, 2.05) is 6.07 Å². The summed E-state index contributed by atoms with van der Waals surface area (Å²) in [4.78, 5) is 11.4. The minimum Gasteiger partial charge on any atom is -0.379 e. The van der Waals surface area contributed by atoms with Crippen molar-refractivity contribution in [1.29, 1.82) is 0 Å². The summed E-state index contributed by atoms with van der Waals surface area (Å²) < 4.78 is 19.8. The lowest BCUT2D eigenvalue weighted by Crippen LogP contribution is -2.46. The molecule has 5 rings (SSSR count). The third-order valence-electron chi connectivity index (χ3n) is 6.37. The third kappa shape index (κ3) is 3.65. The van der Waals surface area contributed by atoms with Crippen LogP contribution in [0.5, 0.6) is 0 Å². The van der Waals surface area contributed by atoms with Gasteiger partial charge in [0.2, 0.25) is 0 Å². The number of aromatic nitrogens is 2. The second kappa shape index (κ2) is 7.32. The number of nitrogens with zero attached hydrogens (tertiary/aromatic N) is 3. The highest BCUT2D eigenvalue weighted by molar-refractivity contribution is 5.89. The molecular weight excluding hydrogens is 343 g/mol. The molecule has 2 saturated carbocycles. The predicted octanol–water partition coefficient (Wildman–Crippen LogP) is 3.70. The maximum Gasteiger partial charge on any atom is 0.137 e. The molecule has 3 aliphatic rings. The highest BCUT2D eigenvalue weighted by atomic mass is 19.1. The number of morpholine rings is 1. The van der Waals surface area contributed by atoms with Gasteiger partial charge >= 0.3 is 0 Å². The van der Waals surface area contributed by atoms with Gasteiger partial charge in [-0.1, -0.05) is 0 Å². The van der Waals surface area contributed by atoms with E-state index in [1.54, 1.807) is 12.4 Å². The Hall–Kier alpha value is -1.79. The zero-order valence-electron chi connectivity index (χ0n) is 15.7. The molecule has 1 aromatic heterocycles. The van der Waals surface area contributed by atoms with Gasteiger partial charge in [-0.3, -0.25) is 4.90 Å². The van der Waals surface area contributed by atoms with Gasteiger partial charge in [-0.2, -0.15) is 0 Å². The summed E-state index contributed by atoms with van der Waals surface area (Å²) in [5.74, 6) is 1.11. The van der Waals surface area contributed by atoms with E-state index in [0.717, 1.165) is 68.8 Å². The van der Waals surface area contributed by atoms with Crippen molar-refractivity contribution in [3.63, 3.8) is 0 Å². The molecule has 5 nitrogen and oxygen atoms in total. The number of fused-ring (bicyclic) bond motifs is 1. The van der Waals surface area contributed by atoms with Gasteiger partial charge in [0.1, 0.15) is 18.0 Å². The maximum absolute atomic E-state index is 14.3. The number of hydrogen-bond donors (Lipinski definition) is 1. The summed E-state index contributed by atoms with van der Waals surface area (Å²) in [5, 5.41) is 4.59. The average molecular weight is 370 g/mol. The second-order valence-corrected chi connectivity index (χ2v) is 8.19. The minimum atomic E-state index is -0.124. The largest absolute Gasteiger partial charge is 0.379 e. The van der Waals surface area contributed by atoms with Crippen molar-refractivity contribution in [2.45, 2.75) is 56.5 Å². The van der Waals surface area contributed by atoms with Crippen LogP contribution < -0.4 is 5.32 Å². The van der Waals surface area contributed by atoms with Crippen LogP contribution in [-0.2, 0) is 4.74 Å². The van der Waals surface area contributed by atoms with Crippen molar-refractivity contribution < 1.29 is 9.13 Å². The summed E-state index contributed by atoms with van der Waals surface area (Å²) in [6, 6.07) is 4.66. The molecule has 0 unspecified atom stereocenters. The number of rotatable bonds is 4. The quantitative estimate of drug-likeness (QED) is 0.889. The van der Waals surface area contributed by atoms with Gasteiger partial charge in [-0.25, -0.2) is 14.4 Å². The Morgan fingerprint density at radius 1 is 1.00 bits per heavy atom. The van der Waals surface area contributed by atoms with Crippen molar-refractivity contribution in [3.8, 4) is 0 Å². The first-order valence-electron chi connectivity index (χ1n) is 10.3. The lowest BCUT2D eigenvalue weighted by Gasteiger charge is -2.39. The van der Waals surface area contributed by atoms with Crippen molar-refractivity contribution in [2.24, 2.45) is 0 Å². The first-order chi connectivity index (χ1) is 13.3. The number of nitrogens with one attached hydrogen (secondary N) is 1. The van der Waals surface area contributed by atoms with Crippen LogP contribution in [0, 0.1) is 5.82 Å². The molecule has 1 aliphatic heterocycles. The van der Waals surface area contributed by atoms with E-state index < -0.39 is 0 Å². The standard InChI is InChI=1S/C21H27FN4O/c22-19-12-20-18(11-17(19)14-1-2-14)21(24-13-23-20)25-15-3-5-16(6-4-15)26-7-9-27-10-8-26/h11-16H,1-10H2,(H,23,24,25). The molecule has 27 heavy (non-hydrogen) atoms. The van der Waals surface area contributed by atoms with E-state index in [-0.39, 0.29) is 5.82 Å². The van der Waals surface area contributed by atoms with Crippen LogP contribution in [0.15, 0.2) is 18.5 Å².